The van der Waals surface area contributed by atoms with Gasteiger partial charge in [0.25, 0.3) is 0 Å². The van der Waals surface area contributed by atoms with Gasteiger partial charge in [-0.05, 0) is 32.9 Å². The lowest BCUT2D eigenvalue weighted by atomic mass is 10.2. The van der Waals surface area contributed by atoms with Crippen LogP contribution in [-0.4, -0.2) is 28.0 Å². The molecule has 0 aliphatic carbocycles. The van der Waals surface area contributed by atoms with Crippen LogP contribution in [0, 0.1) is 6.92 Å². The number of hydrogen-bond donors (Lipinski definition) is 1. The average molecular weight is 307 g/mol. The van der Waals surface area contributed by atoms with Crippen molar-refractivity contribution >= 4 is 28.4 Å². The molecule has 3 aromatic rings. The Morgan fingerprint density at radius 2 is 1.83 bits per heavy atom. The van der Waals surface area contributed by atoms with Gasteiger partial charge in [0.15, 0.2) is 0 Å². The lowest BCUT2D eigenvalue weighted by Crippen LogP contribution is -2.24. The lowest BCUT2D eigenvalue weighted by molar-refractivity contribution is 0.817. The second-order valence-electron chi connectivity index (χ2n) is 5.37. The normalized spacial score (nSPS) is 10.7. The number of hydrogen-bond acceptors (Lipinski definition) is 5. The van der Waals surface area contributed by atoms with E-state index in [0.29, 0.717) is 0 Å². The van der Waals surface area contributed by atoms with Crippen molar-refractivity contribution in [3.63, 3.8) is 0 Å². The van der Waals surface area contributed by atoms with E-state index in [1.54, 1.807) is 6.20 Å². The maximum Gasteiger partial charge on any atom is 0.227 e. The molecule has 1 N–H and O–H groups in total. The number of nitrogens with one attached hydrogen (secondary N) is 1. The molecule has 2 aromatic heterocycles. The number of pyridine rings is 1. The first kappa shape index (κ1) is 15.2. The van der Waals surface area contributed by atoms with Gasteiger partial charge in [-0.2, -0.15) is 4.98 Å². The summed E-state index contributed by atoms with van der Waals surface area (Å²) in [5, 5.41) is 4.49. The number of fused-ring (bicyclic) bond motifs is 1. The molecular formula is C18H21N5. The van der Waals surface area contributed by atoms with Gasteiger partial charge in [-0.25, -0.2) is 4.98 Å². The van der Waals surface area contributed by atoms with Crippen LogP contribution in [0.3, 0.4) is 0 Å². The third-order valence-corrected chi connectivity index (χ3v) is 3.78. The number of anilines is 3. The van der Waals surface area contributed by atoms with Crippen molar-refractivity contribution in [2.24, 2.45) is 0 Å². The number of aryl methyl sites for hydroxylation is 1. The van der Waals surface area contributed by atoms with Crippen molar-refractivity contribution in [1.82, 2.24) is 15.0 Å². The van der Waals surface area contributed by atoms with Gasteiger partial charge >= 0.3 is 0 Å². The van der Waals surface area contributed by atoms with Gasteiger partial charge < -0.3 is 10.2 Å². The van der Waals surface area contributed by atoms with Crippen molar-refractivity contribution in [2.45, 2.75) is 20.8 Å². The van der Waals surface area contributed by atoms with Gasteiger partial charge in [-0.15, -0.1) is 0 Å². The number of rotatable bonds is 5. The van der Waals surface area contributed by atoms with Crippen LogP contribution in [0.25, 0.3) is 10.9 Å². The van der Waals surface area contributed by atoms with E-state index < -0.39 is 0 Å². The van der Waals surface area contributed by atoms with Gasteiger partial charge in [-0.1, -0.05) is 18.2 Å². The fourth-order valence-electron chi connectivity index (χ4n) is 2.61. The summed E-state index contributed by atoms with van der Waals surface area (Å²) in [6.07, 6.45) is 1.81. The number of nitrogens with zero attached hydrogens (tertiary/aromatic N) is 4. The summed E-state index contributed by atoms with van der Waals surface area (Å²) >= 11 is 0. The predicted molar refractivity (Wildman–Crippen MR) is 95.4 cm³/mol. The Kier molecular flexibility index (Phi) is 4.37. The Morgan fingerprint density at radius 3 is 2.61 bits per heavy atom. The van der Waals surface area contributed by atoms with E-state index in [4.69, 9.17) is 0 Å². The molecule has 118 valence electrons. The van der Waals surface area contributed by atoms with Gasteiger partial charge in [0, 0.05) is 36.4 Å². The van der Waals surface area contributed by atoms with Gasteiger partial charge in [0.2, 0.25) is 5.95 Å². The predicted octanol–water partition coefficient (Wildman–Crippen LogP) is 3.92. The highest BCUT2D eigenvalue weighted by Crippen LogP contribution is 2.24. The average Bonchev–Trinajstić information content (AvgIpc) is 2.56. The zero-order valence-electron chi connectivity index (χ0n) is 13.7. The summed E-state index contributed by atoms with van der Waals surface area (Å²) in [6.45, 7) is 7.97. The lowest BCUT2D eigenvalue weighted by Gasteiger charge is -2.19. The molecule has 0 saturated carbocycles. The molecule has 0 saturated heterocycles. The zero-order valence-corrected chi connectivity index (χ0v) is 13.7. The third kappa shape index (κ3) is 3.23. The van der Waals surface area contributed by atoms with E-state index in [9.17, 15) is 0 Å². The Morgan fingerprint density at radius 1 is 1.04 bits per heavy atom. The second kappa shape index (κ2) is 6.60. The minimum absolute atomic E-state index is 0.755. The van der Waals surface area contributed by atoms with Crippen molar-refractivity contribution in [3.05, 3.63) is 48.3 Å². The van der Waals surface area contributed by atoms with Gasteiger partial charge in [-0.3, -0.25) is 4.98 Å². The molecule has 0 atom stereocenters. The Balaban J connectivity index is 1.99. The first-order valence-corrected chi connectivity index (χ1v) is 7.92. The van der Waals surface area contributed by atoms with E-state index in [1.165, 1.54) is 0 Å². The van der Waals surface area contributed by atoms with Crippen LogP contribution in [-0.2, 0) is 0 Å². The minimum atomic E-state index is 0.755. The smallest absolute Gasteiger partial charge is 0.227 e. The summed E-state index contributed by atoms with van der Waals surface area (Å²) in [5.41, 5.74) is 2.83. The Labute approximate surface area is 136 Å². The maximum atomic E-state index is 4.65. The van der Waals surface area contributed by atoms with E-state index in [-0.39, 0.29) is 0 Å². The van der Waals surface area contributed by atoms with Gasteiger partial charge in [0.1, 0.15) is 5.82 Å². The Bertz CT molecular complexity index is 806. The fourth-order valence-corrected chi connectivity index (χ4v) is 2.61. The van der Waals surface area contributed by atoms with E-state index in [0.717, 1.165) is 47.1 Å². The molecule has 5 nitrogen and oxygen atoms in total. The topological polar surface area (TPSA) is 53.9 Å². The van der Waals surface area contributed by atoms with Gasteiger partial charge in [0.05, 0.1) is 11.2 Å². The van der Waals surface area contributed by atoms with Crippen LogP contribution in [0.1, 0.15) is 19.5 Å². The maximum absolute atomic E-state index is 4.65. The first-order chi connectivity index (χ1) is 11.2. The van der Waals surface area contributed by atoms with Crippen LogP contribution in [0.4, 0.5) is 17.5 Å². The van der Waals surface area contributed by atoms with Crippen molar-refractivity contribution in [2.75, 3.05) is 23.3 Å². The highest BCUT2D eigenvalue weighted by atomic mass is 15.3. The van der Waals surface area contributed by atoms with Crippen LogP contribution in [0.5, 0.6) is 0 Å². The SMILES string of the molecule is CCN(CC)c1nc(C)cc(Nc2cccc3cccnc23)n1. The molecule has 0 amide bonds. The van der Waals surface area contributed by atoms with Crippen molar-refractivity contribution in [3.8, 4) is 0 Å². The van der Waals surface area contributed by atoms with E-state index >= 15 is 0 Å². The standard InChI is InChI=1S/C18H21N5/c1-4-23(5-2)18-20-13(3)12-16(22-18)21-15-10-6-8-14-9-7-11-19-17(14)15/h6-12H,4-5H2,1-3H3,(H,20,21,22). The van der Waals surface area contributed by atoms with Crippen LogP contribution in [0.15, 0.2) is 42.6 Å². The molecule has 0 fully saturated rings. The molecule has 2 heterocycles. The number of benzene rings is 1. The highest BCUT2D eigenvalue weighted by Gasteiger charge is 2.09. The first-order valence-electron chi connectivity index (χ1n) is 7.92. The molecule has 0 bridgehead atoms. The summed E-state index contributed by atoms with van der Waals surface area (Å²) in [5.74, 6) is 1.54. The van der Waals surface area contributed by atoms with E-state index in [2.05, 4.69) is 51.1 Å². The van der Waals surface area contributed by atoms with Crippen molar-refractivity contribution in [1.29, 1.82) is 0 Å². The van der Waals surface area contributed by atoms with Crippen molar-refractivity contribution < 1.29 is 0 Å². The highest BCUT2D eigenvalue weighted by molar-refractivity contribution is 5.91. The largest absolute Gasteiger partial charge is 0.341 e. The fraction of sp³-hybridized carbons (Fsp3) is 0.278. The summed E-state index contributed by atoms with van der Waals surface area (Å²) in [6, 6.07) is 12.0. The van der Waals surface area contributed by atoms with Crippen LogP contribution < -0.4 is 10.2 Å². The van der Waals surface area contributed by atoms with E-state index in [1.807, 2.05) is 31.2 Å². The molecule has 3 rings (SSSR count). The summed E-state index contributed by atoms with van der Waals surface area (Å²) < 4.78 is 0. The zero-order chi connectivity index (χ0) is 16.2. The minimum Gasteiger partial charge on any atom is -0.341 e. The molecule has 0 radical (unpaired) electrons. The summed E-state index contributed by atoms with van der Waals surface area (Å²) in [7, 11) is 0. The molecule has 0 unspecified atom stereocenters. The third-order valence-electron chi connectivity index (χ3n) is 3.78. The molecule has 0 spiro atoms. The quantitative estimate of drug-likeness (QED) is 0.774. The number of para-hydroxylation sites is 1. The molecule has 0 aliphatic heterocycles. The molecule has 0 aliphatic rings. The summed E-state index contributed by atoms with van der Waals surface area (Å²) in [4.78, 5) is 15.8. The Hall–Kier alpha value is -2.69. The molecule has 1 aromatic carbocycles. The monoisotopic (exact) mass is 307 g/mol. The molecule has 23 heavy (non-hydrogen) atoms. The second-order valence-corrected chi connectivity index (χ2v) is 5.37. The van der Waals surface area contributed by atoms with Crippen LogP contribution in [0.2, 0.25) is 0 Å². The molecular weight excluding hydrogens is 286 g/mol. The van der Waals surface area contributed by atoms with Crippen LogP contribution >= 0.6 is 0 Å². The number of aromatic nitrogens is 3. The molecule has 5 heteroatoms.